The molecular formula is C54H81F9N8O11. The maximum Gasteiger partial charge on any atom is 0.410 e. The first kappa shape index (κ1) is 77.0. The summed E-state index contributed by atoms with van der Waals surface area (Å²) < 4.78 is 135. The first-order valence-electron chi connectivity index (χ1n) is 25.8. The van der Waals surface area contributed by atoms with Gasteiger partial charge in [-0.2, -0.15) is 39.5 Å². The lowest BCUT2D eigenvalue weighted by Gasteiger charge is -2.28. The van der Waals surface area contributed by atoms with Gasteiger partial charge in [0.1, 0.15) is 50.4 Å². The molecule has 0 radical (unpaired) electrons. The summed E-state index contributed by atoms with van der Waals surface area (Å²) in [6.45, 7) is 9.65. The number of benzene rings is 3. The van der Waals surface area contributed by atoms with Crippen molar-refractivity contribution < 1.29 is 92.0 Å². The van der Waals surface area contributed by atoms with Crippen LogP contribution in [0.2, 0.25) is 0 Å². The summed E-state index contributed by atoms with van der Waals surface area (Å²) in [5.41, 5.74) is 11.0. The molecule has 19 nitrogen and oxygen atoms in total. The number of hydrogen-bond donors (Lipinski definition) is 6. The van der Waals surface area contributed by atoms with Gasteiger partial charge in [0.25, 0.3) is 0 Å². The lowest BCUT2D eigenvalue weighted by Crippen LogP contribution is -2.43. The Hall–Kier alpha value is -7.07. The van der Waals surface area contributed by atoms with Crippen LogP contribution in [0.3, 0.4) is 0 Å². The molecule has 0 saturated heterocycles. The molecule has 5 amide bonds. The van der Waals surface area contributed by atoms with Crippen molar-refractivity contribution in [3.05, 3.63) is 108 Å². The third-order valence-electron chi connectivity index (χ3n) is 8.84. The minimum Gasteiger partial charge on any atom is -0.445 e. The molecule has 28 heteroatoms. The number of alkyl carbamates (subject to hydrolysis) is 3. The van der Waals surface area contributed by atoms with E-state index in [9.17, 15) is 68.3 Å². The van der Waals surface area contributed by atoms with Gasteiger partial charge in [0, 0.05) is 39.1 Å². The van der Waals surface area contributed by atoms with Gasteiger partial charge in [-0.3, -0.25) is 9.80 Å². The fraction of sp³-hybridized carbons (Fsp3) is 0.556. The van der Waals surface area contributed by atoms with E-state index in [1.54, 1.807) is 53.7 Å². The fourth-order valence-electron chi connectivity index (χ4n) is 5.49. The second kappa shape index (κ2) is 42.7. The van der Waals surface area contributed by atoms with Crippen molar-refractivity contribution in [2.75, 3.05) is 72.0 Å². The van der Waals surface area contributed by atoms with Crippen LogP contribution >= 0.6 is 0 Å². The molecule has 0 bridgehead atoms. The van der Waals surface area contributed by atoms with Crippen LogP contribution in [0, 0.1) is 0 Å². The number of nitrogens with zero attached hydrogens (tertiary/aromatic N) is 2. The summed E-state index contributed by atoms with van der Waals surface area (Å²) in [7, 11) is 0. The Morgan fingerprint density at radius 3 is 1.13 bits per heavy atom. The van der Waals surface area contributed by atoms with E-state index in [2.05, 4.69) is 21.3 Å². The number of nitrogens with one attached hydrogen (secondary N) is 4. The van der Waals surface area contributed by atoms with Crippen LogP contribution in [0.5, 0.6) is 0 Å². The Bertz CT molecular complexity index is 2170. The maximum atomic E-state index is 12.7. The van der Waals surface area contributed by atoms with Gasteiger partial charge in [0.2, 0.25) is 0 Å². The predicted octanol–water partition coefficient (Wildman–Crippen LogP) is 10.2. The standard InChI is InChI=1S/C18H25F3N2O4.C13H17F3N2O2.C11H13NO3.C10H19F3N2O2.C2H7N/c1-17(2,3)27-16(25)23(13-18(19,20)21)11-7-10-22-15(24)26-12-14-8-5-4-6-9-14;14-13(15,16)10-17-7-4-8-18-12(19)20-9-11-5-2-1-3-6-11;13-8-4-7-12-11(14)15-9-10-5-2-1-3-6-10;1-9(2,3)17-8(16)15(6-4-5-14)7-10(11,12)13;1-2-3/h4-6,8-9H,7,10-13H2,1-3H3,(H,22,24);1-3,5-6,17H,4,7-10H2,(H,18,19);1-3,5-6,8H,4,7,9H2,(H,12,14);4-7,14H2,1-3H3;2-3H2,1H3. The van der Waals surface area contributed by atoms with Gasteiger partial charge in [0.05, 0.1) is 6.54 Å². The van der Waals surface area contributed by atoms with Crippen molar-refractivity contribution in [2.24, 2.45) is 11.5 Å². The van der Waals surface area contributed by atoms with Crippen LogP contribution in [-0.4, -0.2) is 148 Å². The quantitative estimate of drug-likeness (QED) is 0.0224. The van der Waals surface area contributed by atoms with Gasteiger partial charge in [-0.05, 0) is 97.1 Å². The van der Waals surface area contributed by atoms with Gasteiger partial charge >= 0.3 is 49.0 Å². The van der Waals surface area contributed by atoms with Crippen molar-refractivity contribution in [2.45, 2.75) is 124 Å². The molecule has 0 unspecified atom stereocenters. The molecule has 0 saturated carbocycles. The average Bonchev–Trinajstić information content (AvgIpc) is 3.39. The number of alkyl halides is 9. The molecule has 0 aliphatic carbocycles. The zero-order valence-electron chi connectivity index (χ0n) is 47.4. The molecule has 82 heavy (non-hydrogen) atoms. The van der Waals surface area contributed by atoms with Crippen LogP contribution in [0.1, 0.15) is 90.8 Å². The van der Waals surface area contributed by atoms with Crippen LogP contribution in [0.25, 0.3) is 0 Å². The number of carbonyl (C=O) groups excluding carboxylic acids is 6. The highest BCUT2D eigenvalue weighted by molar-refractivity contribution is 5.69. The molecule has 0 aliphatic heterocycles. The van der Waals surface area contributed by atoms with E-state index in [1.165, 1.54) is 0 Å². The summed E-state index contributed by atoms with van der Waals surface area (Å²) in [6, 6.07) is 27.6. The van der Waals surface area contributed by atoms with Crippen LogP contribution in [-0.2, 0) is 48.3 Å². The summed E-state index contributed by atoms with van der Waals surface area (Å²) in [5, 5.41) is 9.61. The Labute approximate surface area is 473 Å². The fourth-order valence-corrected chi connectivity index (χ4v) is 5.49. The monoisotopic (exact) mass is 1190 g/mol. The van der Waals surface area contributed by atoms with Crippen molar-refractivity contribution in [1.29, 1.82) is 0 Å². The smallest absolute Gasteiger partial charge is 0.410 e. The van der Waals surface area contributed by atoms with E-state index < -0.39 is 79.8 Å². The molecule has 0 aromatic heterocycles. The molecule has 0 fully saturated rings. The summed E-state index contributed by atoms with van der Waals surface area (Å²) in [4.78, 5) is 68.5. The normalized spacial score (nSPS) is 11.0. The summed E-state index contributed by atoms with van der Waals surface area (Å²) in [5.74, 6) is 0. The average molecular weight is 1190 g/mol. The summed E-state index contributed by atoms with van der Waals surface area (Å²) >= 11 is 0. The molecule has 0 atom stereocenters. The number of rotatable bonds is 23. The molecule has 466 valence electrons. The highest BCUT2D eigenvalue weighted by Crippen LogP contribution is 2.21. The number of amides is 5. The van der Waals surface area contributed by atoms with Crippen molar-refractivity contribution >= 4 is 36.8 Å². The second-order valence-electron chi connectivity index (χ2n) is 19.0. The van der Waals surface area contributed by atoms with Gasteiger partial charge in [-0.15, -0.1) is 0 Å². The highest BCUT2D eigenvalue weighted by atomic mass is 19.4. The number of ether oxygens (including phenoxy) is 5. The molecular weight excluding hydrogens is 1110 g/mol. The molecule has 3 rings (SSSR count). The van der Waals surface area contributed by atoms with E-state index >= 15 is 0 Å². The topological polar surface area (TPSA) is 255 Å². The molecule has 3 aromatic rings. The van der Waals surface area contributed by atoms with Crippen molar-refractivity contribution in [3.63, 3.8) is 0 Å². The van der Waals surface area contributed by atoms with Crippen LogP contribution < -0.4 is 32.7 Å². The highest BCUT2D eigenvalue weighted by Gasteiger charge is 2.36. The molecule has 3 aromatic carbocycles. The number of carbonyl (C=O) groups is 6. The zero-order chi connectivity index (χ0) is 62.7. The van der Waals surface area contributed by atoms with Gasteiger partial charge in [0.15, 0.2) is 0 Å². The van der Waals surface area contributed by atoms with E-state index in [0.29, 0.717) is 35.6 Å². The van der Waals surface area contributed by atoms with Gasteiger partial charge in [-0.1, -0.05) is 97.9 Å². The molecule has 8 N–H and O–H groups in total. The minimum atomic E-state index is -4.54. The Kier molecular flexibility index (Phi) is 40.1. The van der Waals surface area contributed by atoms with Gasteiger partial charge in [-0.25, -0.2) is 24.0 Å². The predicted molar refractivity (Wildman–Crippen MR) is 289 cm³/mol. The Balaban J connectivity index is 0. The first-order chi connectivity index (χ1) is 38.2. The number of halogens is 9. The third-order valence-corrected chi connectivity index (χ3v) is 8.84. The van der Waals surface area contributed by atoms with Crippen molar-refractivity contribution in [1.82, 2.24) is 31.1 Å². The van der Waals surface area contributed by atoms with E-state index in [1.807, 2.05) is 85.8 Å². The number of aldehydes is 1. The number of nitrogens with two attached hydrogens (primary N) is 2. The molecule has 0 aliphatic rings. The lowest BCUT2D eigenvalue weighted by molar-refractivity contribution is -0.145. The first-order valence-corrected chi connectivity index (χ1v) is 25.8. The largest absolute Gasteiger partial charge is 0.445 e. The van der Waals surface area contributed by atoms with E-state index in [4.69, 9.17) is 35.2 Å². The van der Waals surface area contributed by atoms with Crippen LogP contribution in [0.4, 0.5) is 63.5 Å². The second-order valence-corrected chi connectivity index (χ2v) is 19.0. The molecule has 0 heterocycles. The molecule has 0 spiro atoms. The SMILES string of the molecule is CC(C)(C)OC(=O)N(CCCN)CC(F)(F)F.CC(C)(C)OC(=O)N(CCCNC(=O)OCc1ccccc1)CC(F)(F)F.CCN.O=C(NCCCNCC(F)(F)F)OCc1ccccc1.O=CCCNC(=O)OCc1ccccc1. The minimum absolute atomic E-state index is 0.0603. The Morgan fingerprint density at radius 2 is 0.829 bits per heavy atom. The summed E-state index contributed by atoms with van der Waals surface area (Å²) in [6.07, 6.45) is -15.1. The number of hydrogen-bond acceptors (Lipinski definition) is 14. The third kappa shape index (κ3) is 51.1. The Morgan fingerprint density at radius 1 is 0.500 bits per heavy atom. The van der Waals surface area contributed by atoms with E-state index in [-0.39, 0.29) is 65.5 Å². The van der Waals surface area contributed by atoms with Crippen LogP contribution in [0.15, 0.2) is 91.0 Å². The van der Waals surface area contributed by atoms with Gasteiger partial charge < -0.3 is 61.2 Å². The maximum absolute atomic E-state index is 12.7. The lowest BCUT2D eigenvalue weighted by atomic mass is 10.2. The van der Waals surface area contributed by atoms with E-state index in [0.717, 1.165) is 29.5 Å². The van der Waals surface area contributed by atoms with Crippen molar-refractivity contribution in [3.8, 4) is 0 Å². The zero-order valence-corrected chi connectivity index (χ0v) is 47.4.